The lowest BCUT2D eigenvalue weighted by Gasteiger charge is -2.57. The number of alkyl halides is 1. The number of carbonyl (C=O) groups is 1. The van der Waals surface area contributed by atoms with Gasteiger partial charge in [0.25, 0.3) is 0 Å². The molecule has 1 saturated heterocycles. The lowest BCUT2D eigenvalue weighted by atomic mass is 9.48. The van der Waals surface area contributed by atoms with Crippen LogP contribution in [0.15, 0.2) is 0 Å². The minimum Gasteiger partial charge on any atom is -0.390 e. The molecule has 0 radical (unpaired) electrons. The Kier molecular flexibility index (Phi) is 5.58. The predicted molar refractivity (Wildman–Crippen MR) is 117 cm³/mol. The van der Waals surface area contributed by atoms with Crippen molar-refractivity contribution >= 4 is 5.78 Å². The second-order valence-corrected chi connectivity index (χ2v) is 12.2. The van der Waals surface area contributed by atoms with Crippen molar-refractivity contribution in [2.24, 2.45) is 40.9 Å². The number of hydrogen-bond donors (Lipinski definition) is 1. The number of ketones is 1. The van der Waals surface area contributed by atoms with E-state index in [1.165, 1.54) is 25.7 Å². The highest BCUT2D eigenvalue weighted by atomic mass is 19.1. The molecule has 0 amide bonds. The number of hydrogen-bond acceptors (Lipinski definition) is 3. The van der Waals surface area contributed by atoms with Crippen LogP contribution in [0.5, 0.6) is 0 Å². The fraction of sp³-hybridized carbons (Fsp3) is 0.962. The lowest BCUT2D eigenvalue weighted by Crippen LogP contribution is -2.54. The molecular weight excluding hydrogens is 377 g/mol. The molecule has 1 aliphatic heterocycles. The molecule has 4 heteroatoms. The molecule has 30 heavy (non-hydrogen) atoms. The predicted octanol–water partition coefficient (Wildman–Crippen LogP) is 5.01. The molecule has 0 aromatic rings. The van der Waals surface area contributed by atoms with Gasteiger partial charge in [-0.2, -0.15) is 0 Å². The van der Waals surface area contributed by atoms with Crippen LogP contribution in [0.2, 0.25) is 0 Å². The zero-order chi connectivity index (χ0) is 21.1. The number of piperidine rings is 1. The van der Waals surface area contributed by atoms with Crippen molar-refractivity contribution in [3.05, 3.63) is 0 Å². The Balaban J connectivity index is 1.30. The molecule has 5 rings (SSSR count). The molecule has 5 fully saturated rings. The van der Waals surface area contributed by atoms with Gasteiger partial charge >= 0.3 is 0 Å². The van der Waals surface area contributed by atoms with Crippen LogP contribution in [0.25, 0.3) is 0 Å². The van der Waals surface area contributed by atoms with Crippen molar-refractivity contribution in [1.29, 1.82) is 0 Å². The molecular formula is C26H42FNO2. The summed E-state index contributed by atoms with van der Waals surface area (Å²) < 4.78 is 15.4. The summed E-state index contributed by atoms with van der Waals surface area (Å²) >= 11 is 0. The zero-order valence-electron chi connectivity index (χ0n) is 19.1. The van der Waals surface area contributed by atoms with Crippen LogP contribution in [0, 0.1) is 40.9 Å². The van der Waals surface area contributed by atoms with E-state index in [2.05, 4.69) is 11.8 Å². The van der Waals surface area contributed by atoms with Crippen LogP contribution in [-0.4, -0.2) is 47.2 Å². The summed E-state index contributed by atoms with van der Waals surface area (Å²) in [5, 5.41) is 10.5. The first-order valence-corrected chi connectivity index (χ1v) is 12.9. The number of rotatable bonds is 3. The first-order valence-electron chi connectivity index (χ1n) is 12.9. The van der Waals surface area contributed by atoms with Gasteiger partial charge in [-0.05, 0) is 119 Å². The first-order chi connectivity index (χ1) is 14.3. The monoisotopic (exact) mass is 419 g/mol. The molecule has 1 heterocycles. The van der Waals surface area contributed by atoms with Gasteiger partial charge in [0.05, 0.1) is 12.1 Å². The summed E-state index contributed by atoms with van der Waals surface area (Å²) in [6.07, 6.45) is 10.6. The van der Waals surface area contributed by atoms with Crippen LogP contribution in [0.4, 0.5) is 4.39 Å². The Morgan fingerprint density at radius 1 is 0.967 bits per heavy atom. The van der Waals surface area contributed by atoms with Gasteiger partial charge < -0.3 is 5.11 Å². The summed E-state index contributed by atoms with van der Waals surface area (Å²) in [5.41, 5.74) is -0.596. The van der Waals surface area contributed by atoms with E-state index in [-0.39, 0.29) is 17.3 Å². The molecule has 4 saturated carbocycles. The van der Waals surface area contributed by atoms with E-state index >= 15 is 4.39 Å². The second kappa shape index (κ2) is 7.83. The van der Waals surface area contributed by atoms with Gasteiger partial charge in [-0.25, -0.2) is 4.39 Å². The molecule has 0 aromatic heterocycles. The maximum atomic E-state index is 15.4. The minimum absolute atomic E-state index is 0.0530. The average molecular weight is 420 g/mol. The lowest BCUT2D eigenvalue weighted by molar-refractivity contribution is -0.139. The minimum atomic E-state index is -0.770. The summed E-state index contributed by atoms with van der Waals surface area (Å²) in [6, 6.07) is 0. The smallest absolute Gasteiger partial charge is 0.150 e. The third kappa shape index (κ3) is 3.58. The number of carbonyl (C=O) groups excluding carboxylic acids is 1. The van der Waals surface area contributed by atoms with Gasteiger partial charge in [0, 0.05) is 5.92 Å². The number of Topliss-reactive ketones (excluding diaryl/α,β-unsaturated/α-hetero) is 1. The molecule has 0 aromatic carbocycles. The van der Waals surface area contributed by atoms with Crippen molar-refractivity contribution in [3.63, 3.8) is 0 Å². The summed E-state index contributed by atoms with van der Waals surface area (Å²) in [4.78, 5) is 15.7. The van der Waals surface area contributed by atoms with Gasteiger partial charge in [-0.3, -0.25) is 9.69 Å². The van der Waals surface area contributed by atoms with Crippen LogP contribution in [-0.2, 0) is 4.79 Å². The number of aliphatic hydroxyl groups is 1. The summed E-state index contributed by atoms with van der Waals surface area (Å²) in [6.45, 7) is 7.09. The highest BCUT2D eigenvalue weighted by molar-refractivity contribution is 5.84. The Labute approximate surface area is 182 Å². The van der Waals surface area contributed by atoms with Crippen molar-refractivity contribution in [2.45, 2.75) is 96.2 Å². The standard InChI is InChI=1S/C26H42FNO2/c1-25(30)10-8-18-17-9-11-26(2)21(19(17)14-23(27)20(18)15-25)6-7-22(26)24(29)16-28-12-4-3-5-13-28/h17-23,30H,3-16H2,1-2H3/t17-,18-,19-,20-,21+,22-,23-,25-,26+/m1/s1. The van der Waals surface area contributed by atoms with Crippen LogP contribution >= 0.6 is 0 Å². The topological polar surface area (TPSA) is 40.5 Å². The van der Waals surface area contributed by atoms with Gasteiger partial charge in [0.15, 0.2) is 0 Å². The Bertz CT molecular complexity index is 659. The van der Waals surface area contributed by atoms with Gasteiger partial charge in [-0.1, -0.05) is 13.3 Å². The molecule has 0 bridgehead atoms. The number of halogens is 1. The van der Waals surface area contributed by atoms with Crippen molar-refractivity contribution in [3.8, 4) is 0 Å². The fourth-order valence-corrected chi connectivity index (χ4v) is 8.98. The molecule has 5 aliphatic rings. The van der Waals surface area contributed by atoms with E-state index in [0.29, 0.717) is 48.8 Å². The first kappa shape index (κ1) is 21.4. The van der Waals surface area contributed by atoms with E-state index in [9.17, 15) is 9.90 Å². The molecule has 0 unspecified atom stereocenters. The van der Waals surface area contributed by atoms with Gasteiger partial charge in [0.2, 0.25) is 0 Å². The van der Waals surface area contributed by atoms with Crippen molar-refractivity contribution < 1.29 is 14.3 Å². The van der Waals surface area contributed by atoms with Gasteiger partial charge in [-0.15, -0.1) is 0 Å². The number of fused-ring (bicyclic) bond motifs is 5. The van der Waals surface area contributed by atoms with E-state index in [1.54, 1.807) is 0 Å². The third-order valence-electron chi connectivity index (χ3n) is 10.5. The van der Waals surface area contributed by atoms with E-state index < -0.39 is 11.8 Å². The Morgan fingerprint density at radius 2 is 1.67 bits per heavy atom. The van der Waals surface area contributed by atoms with Crippen molar-refractivity contribution in [2.75, 3.05) is 19.6 Å². The molecule has 0 spiro atoms. The van der Waals surface area contributed by atoms with E-state index in [1.807, 2.05) is 6.92 Å². The summed E-state index contributed by atoms with van der Waals surface area (Å²) in [5.74, 6) is 2.76. The van der Waals surface area contributed by atoms with Crippen LogP contribution in [0.3, 0.4) is 0 Å². The normalized spacial score (nSPS) is 51.7. The fourth-order valence-electron chi connectivity index (χ4n) is 8.98. The molecule has 4 aliphatic carbocycles. The van der Waals surface area contributed by atoms with Gasteiger partial charge in [0.1, 0.15) is 12.0 Å². The zero-order valence-corrected chi connectivity index (χ0v) is 19.1. The van der Waals surface area contributed by atoms with Crippen molar-refractivity contribution in [1.82, 2.24) is 4.90 Å². The highest BCUT2D eigenvalue weighted by Gasteiger charge is 2.60. The summed E-state index contributed by atoms with van der Waals surface area (Å²) in [7, 11) is 0. The molecule has 9 atom stereocenters. The molecule has 170 valence electrons. The van der Waals surface area contributed by atoms with E-state index in [0.717, 1.165) is 45.2 Å². The second-order valence-electron chi connectivity index (χ2n) is 12.2. The maximum Gasteiger partial charge on any atom is 0.150 e. The number of likely N-dealkylation sites (tertiary alicyclic amines) is 1. The molecule has 1 N–H and O–H groups in total. The Hall–Kier alpha value is -0.480. The third-order valence-corrected chi connectivity index (χ3v) is 10.5. The molecule has 3 nitrogen and oxygen atoms in total. The Morgan fingerprint density at radius 3 is 2.43 bits per heavy atom. The number of nitrogens with zero attached hydrogens (tertiary/aromatic N) is 1. The van der Waals surface area contributed by atoms with Crippen LogP contribution < -0.4 is 0 Å². The largest absolute Gasteiger partial charge is 0.390 e. The highest BCUT2D eigenvalue weighted by Crippen LogP contribution is 2.65. The van der Waals surface area contributed by atoms with E-state index in [4.69, 9.17) is 0 Å². The maximum absolute atomic E-state index is 15.4. The van der Waals surface area contributed by atoms with Crippen LogP contribution in [0.1, 0.15) is 84.5 Å². The quantitative estimate of drug-likeness (QED) is 0.699. The average Bonchev–Trinajstić information content (AvgIpc) is 3.06. The SMILES string of the molecule is C[C@@]1(O)CC[C@@H]2[C@H]3CC[C@]4(C)[C@@H](C(=O)CN5CCCCC5)CC[C@H]4[C@@H]3C[C@@H](F)[C@@H]2C1.